The van der Waals surface area contributed by atoms with E-state index in [0.717, 1.165) is 46.2 Å². The van der Waals surface area contributed by atoms with Crippen LogP contribution in [0, 0.1) is 0 Å². The molecule has 5 unspecified atom stereocenters. The second-order valence-electron chi connectivity index (χ2n) is 12.5. The van der Waals surface area contributed by atoms with Crippen molar-refractivity contribution in [2.75, 3.05) is 19.6 Å². The first-order valence-electron chi connectivity index (χ1n) is 16.3. The van der Waals surface area contributed by atoms with Crippen molar-refractivity contribution in [3.63, 3.8) is 0 Å². The fraction of sp³-hybridized carbons (Fsp3) is 0.289. The summed E-state index contributed by atoms with van der Waals surface area (Å²) >= 11 is 0. The Hall–Kier alpha value is -4.00. The van der Waals surface area contributed by atoms with Crippen molar-refractivity contribution >= 4 is 20.9 Å². The first-order valence-corrected chi connectivity index (χ1v) is 17.7. The van der Waals surface area contributed by atoms with Crippen LogP contribution in [0.2, 0.25) is 0 Å². The van der Waals surface area contributed by atoms with Gasteiger partial charge < -0.3 is 19.7 Å². The van der Waals surface area contributed by atoms with E-state index in [9.17, 15) is 18.6 Å². The van der Waals surface area contributed by atoms with Crippen LogP contribution in [0.3, 0.4) is 0 Å². The van der Waals surface area contributed by atoms with Crippen LogP contribution in [0.15, 0.2) is 120 Å². The summed E-state index contributed by atoms with van der Waals surface area (Å²) in [6, 6.07) is 34.4. The van der Waals surface area contributed by atoms with Gasteiger partial charge in [0.15, 0.2) is 6.29 Å². The van der Waals surface area contributed by atoms with Crippen LogP contribution in [0.1, 0.15) is 52.5 Å². The molecule has 2 saturated heterocycles. The van der Waals surface area contributed by atoms with Gasteiger partial charge in [0.05, 0.1) is 30.4 Å². The minimum absolute atomic E-state index is 0.0408. The van der Waals surface area contributed by atoms with Gasteiger partial charge in [-0.15, -0.1) is 0 Å². The Morgan fingerprint density at radius 3 is 2.27 bits per heavy atom. The number of likely N-dealkylation sites (tertiary alicyclic amines) is 1. The third-order valence-electron chi connectivity index (χ3n) is 9.26. The SMILES string of the molecule is O=S(=O)(NCc1ccc(C2OC(CN3CCC(O)C3)C(c3ccccc3)C(c3ccc(CO)cc3)O2)cc1)c1cccc2cccnc12. The average Bonchev–Trinajstić information content (AvgIpc) is 3.54. The molecule has 7 rings (SSSR count). The highest BCUT2D eigenvalue weighted by Gasteiger charge is 2.43. The predicted octanol–water partition coefficient (Wildman–Crippen LogP) is 5.21. The highest BCUT2D eigenvalue weighted by molar-refractivity contribution is 7.89. The third kappa shape index (κ3) is 7.06. The molecule has 0 radical (unpaired) electrons. The van der Waals surface area contributed by atoms with E-state index in [2.05, 4.69) is 26.7 Å². The lowest BCUT2D eigenvalue weighted by molar-refractivity contribution is -0.263. The van der Waals surface area contributed by atoms with Crippen molar-refractivity contribution in [1.29, 1.82) is 0 Å². The molecule has 248 valence electrons. The monoisotopic (exact) mass is 665 g/mol. The number of fused-ring (bicyclic) bond motifs is 1. The van der Waals surface area contributed by atoms with Crippen LogP contribution in [0.25, 0.3) is 10.9 Å². The van der Waals surface area contributed by atoms with E-state index in [1.54, 1.807) is 24.4 Å². The van der Waals surface area contributed by atoms with Crippen molar-refractivity contribution in [2.24, 2.45) is 0 Å². The number of aliphatic hydroxyl groups excluding tert-OH is 2. The van der Waals surface area contributed by atoms with Crippen molar-refractivity contribution in [1.82, 2.24) is 14.6 Å². The van der Waals surface area contributed by atoms with Crippen LogP contribution in [0.5, 0.6) is 0 Å². The number of pyridine rings is 1. The predicted molar refractivity (Wildman–Crippen MR) is 182 cm³/mol. The molecule has 2 aliphatic heterocycles. The van der Waals surface area contributed by atoms with Crippen LogP contribution < -0.4 is 4.72 Å². The number of aliphatic hydroxyl groups is 2. The maximum Gasteiger partial charge on any atom is 0.243 e. The zero-order chi connectivity index (χ0) is 33.1. The Morgan fingerprint density at radius 1 is 0.812 bits per heavy atom. The lowest BCUT2D eigenvalue weighted by Crippen LogP contribution is -2.44. The van der Waals surface area contributed by atoms with Crippen LogP contribution in [0.4, 0.5) is 0 Å². The molecule has 4 aromatic carbocycles. The Bertz CT molecular complexity index is 1930. The van der Waals surface area contributed by atoms with E-state index in [4.69, 9.17) is 9.47 Å². The normalized spacial score (nSPS) is 23.4. The molecule has 2 aliphatic rings. The van der Waals surface area contributed by atoms with Crippen molar-refractivity contribution in [3.8, 4) is 0 Å². The molecule has 3 heterocycles. The Kier molecular flexibility index (Phi) is 9.65. The van der Waals surface area contributed by atoms with E-state index in [1.807, 2.05) is 78.9 Å². The summed E-state index contributed by atoms with van der Waals surface area (Å²) in [4.78, 5) is 6.69. The molecular weight excluding hydrogens is 627 g/mol. The molecule has 0 spiro atoms. The van der Waals surface area contributed by atoms with E-state index < -0.39 is 16.3 Å². The lowest BCUT2D eigenvalue weighted by atomic mass is 9.83. The highest BCUT2D eigenvalue weighted by atomic mass is 32.2. The van der Waals surface area contributed by atoms with Crippen molar-refractivity contribution in [3.05, 3.63) is 143 Å². The topological polar surface area (TPSA) is 121 Å². The molecule has 1 aromatic heterocycles. The molecule has 9 nitrogen and oxygen atoms in total. The minimum atomic E-state index is -3.81. The standard InChI is InChI=1S/C38H39N3O6S/c42-25-27-13-15-30(16-14-27)37-35(28-6-2-1-3-7-28)33(24-41-21-19-32(43)23-41)46-38(47-37)31-17-11-26(12-18-31)22-40-48(44,45)34-10-4-8-29-9-5-20-39-36(29)34/h1-18,20,32-33,35,37-38,40,42-43H,19,21-25H2. The molecular formula is C38H39N3O6S. The fourth-order valence-corrected chi connectivity index (χ4v) is 7.93. The molecule has 10 heteroatoms. The molecule has 0 bridgehead atoms. The van der Waals surface area contributed by atoms with E-state index in [1.165, 1.54) is 0 Å². The second-order valence-corrected chi connectivity index (χ2v) is 14.2. The van der Waals surface area contributed by atoms with Crippen LogP contribution in [-0.2, 0) is 32.6 Å². The fourth-order valence-electron chi connectivity index (χ4n) is 6.74. The van der Waals surface area contributed by atoms with Gasteiger partial charge in [0.1, 0.15) is 4.90 Å². The molecule has 5 aromatic rings. The largest absolute Gasteiger partial charge is 0.392 e. The number of sulfonamides is 1. The van der Waals surface area contributed by atoms with Crippen LogP contribution >= 0.6 is 0 Å². The number of rotatable bonds is 10. The molecule has 2 fully saturated rings. The van der Waals surface area contributed by atoms with Crippen molar-refractivity contribution in [2.45, 2.75) is 55.0 Å². The van der Waals surface area contributed by atoms with Gasteiger partial charge in [0.25, 0.3) is 0 Å². The molecule has 0 saturated carbocycles. The zero-order valence-corrected chi connectivity index (χ0v) is 27.2. The number of hydrogen-bond acceptors (Lipinski definition) is 8. The molecule has 0 aliphatic carbocycles. The number of β-amino-alcohol motifs (C(OH)–C–C–N with tert-alkyl or cyclic N) is 1. The number of hydrogen-bond donors (Lipinski definition) is 3. The quantitative estimate of drug-likeness (QED) is 0.186. The van der Waals surface area contributed by atoms with Crippen molar-refractivity contribution < 1.29 is 28.1 Å². The number of nitrogens with one attached hydrogen (secondary N) is 1. The maximum atomic E-state index is 13.3. The Morgan fingerprint density at radius 2 is 1.54 bits per heavy atom. The summed E-state index contributed by atoms with van der Waals surface area (Å²) in [6.45, 7) is 2.09. The molecule has 5 atom stereocenters. The van der Waals surface area contributed by atoms with Gasteiger partial charge >= 0.3 is 0 Å². The maximum absolute atomic E-state index is 13.3. The average molecular weight is 666 g/mol. The van der Waals surface area contributed by atoms with Gasteiger partial charge in [0, 0.05) is 49.2 Å². The third-order valence-corrected chi connectivity index (χ3v) is 10.7. The van der Waals surface area contributed by atoms with E-state index >= 15 is 0 Å². The first-order chi connectivity index (χ1) is 23.4. The summed E-state index contributed by atoms with van der Waals surface area (Å²) < 4.78 is 42.8. The summed E-state index contributed by atoms with van der Waals surface area (Å²) in [5.41, 5.74) is 4.93. The van der Waals surface area contributed by atoms with E-state index in [-0.39, 0.29) is 42.3 Å². The van der Waals surface area contributed by atoms with Crippen LogP contribution in [-0.4, -0.2) is 60.4 Å². The summed E-state index contributed by atoms with van der Waals surface area (Å²) in [5, 5.41) is 20.7. The van der Waals surface area contributed by atoms with Gasteiger partial charge in [-0.05, 0) is 40.8 Å². The summed E-state index contributed by atoms with van der Waals surface area (Å²) in [7, 11) is -3.81. The van der Waals surface area contributed by atoms with Gasteiger partial charge in [-0.3, -0.25) is 9.88 Å². The zero-order valence-electron chi connectivity index (χ0n) is 26.4. The van der Waals surface area contributed by atoms with Gasteiger partial charge in [-0.2, -0.15) is 0 Å². The molecule has 0 amide bonds. The van der Waals surface area contributed by atoms with Gasteiger partial charge in [-0.1, -0.05) is 97.1 Å². The molecule has 3 N–H and O–H groups in total. The number of para-hydroxylation sites is 1. The number of ether oxygens (including phenoxy) is 2. The smallest absolute Gasteiger partial charge is 0.243 e. The summed E-state index contributed by atoms with van der Waals surface area (Å²) in [6.07, 6.45) is 0.691. The number of aromatic nitrogens is 1. The molecule has 48 heavy (non-hydrogen) atoms. The minimum Gasteiger partial charge on any atom is -0.392 e. The second kappa shape index (κ2) is 14.2. The number of benzene rings is 4. The lowest BCUT2D eigenvalue weighted by Gasteiger charge is -2.44. The number of nitrogens with zero attached hydrogens (tertiary/aromatic N) is 2. The van der Waals surface area contributed by atoms with Gasteiger partial charge in [-0.25, -0.2) is 13.1 Å². The van der Waals surface area contributed by atoms with E-state index in [0.29, 0.717) is 18.6 Å². The van der Waals surface area contributed by atoms with Gasteiger partial charge in [0.2, 0.25) is 10.0 Å². The Balaban J connectivity index is 1.14. The summed E-state index contributed by atoms with van der Waals surface area (Å²) in [5.74, 6) is -0.127. The first kappa shape index (κ1) is 32.5. The highest BCUT2D eigenvalue weighted by Crippen LogP contribution is 2.47. The Labute approximate surface area is 280 Å².